The first-order valence-electron chi connectivity index (χ1n) is 22.0. The number of benzene rings is 3. The molecule has 6 rings (SSSR count). The third-order valence-corrected chi connectivity index (χ3v) is 14.7. The Bertz CT molecular complexity index is 3870. The number of hydrogen-bond acceptors (Lipinski definition) is 30. The molecule has 0 aliphatic heterocycles. The summed E-state index contributed by atoms with van der Waals surface area (Å²) in [5.74, 6) is -6.20. The molecule has 0 spiro atoms. The average molecular weight is 1230 g/mol. The van der Waals surface area contributed by atoms with Crippen LogP contribution in [0.2, 0.25) is 0 Å². The maximum absolute atomic E-state index is 13.0. The van der Waals surface area contributed by atoms with Crippen molar-refractivity contribution in [3.63, 3.8) is 0 Å². The monoisotopic (exact) mass is 1230 g/mol. The van der Waals surface area contributed by atoms with Crippen LogP contribution in [0.3, 0.4) is 0 Å². The van der Waals surface area contributed by atoms with Crippen LogP contribution in [-0.2, 0) is 59.8 Å². The van der Waals surface area contributed by atoms with Crippen LogP contribution < -0.4 is 37.5 Å². The molecule has 0 saturated carbocycles. The molecule has 0 fully saturated rings. The van der Waals surface area contributed by atoms with E-state index in [1.54, 1.807) is 0 Å². The van der Waals surface area contributed by atoms with E-state index in [0.717, 1.165) is 22.8 Å². The van der Waals surface area contributed by atoms with Gasteiger partial charge < -0.3 is 37.6 Å². The van der Waals surface area contributed by atoms with Crippen LogP contribution >= 0.6 is 24.1 Å². The quantitative estimate of drug-likeness (QED) is 0.00657. The fraction of sp³-hybridized carbons (Fsp3) is 0.171. The summed E-state index contributed by atoms with van der Waals surface area (Å²) in [4.78, 5) is 62.3. The molecule has 13 N–H and O–H groups in total. The van der Waals surface area contributed by atoms with Gasteiger partial charge in [-0.15, -0.1) is 34.1 Å². The number of anilines is 5. The minimum Gasteiger partial charge on any atom is -0.493 e. The Balaban J connectivity index is 1.39. The highest BCUT2D eigenvalue weighted by atomic mass is 32.3. The SMILES string of the molecule is CCn1c(O)c(N=Nc2cc(Nc3nc(Nc4cc(N)c(S(=O)(=O)O)cc4N=Nc4ccc(C(=O)NCCS(=O)(=O)CCOS(=O)(=O)O)cc4SOOO)nc(-[n+]4ccc(C(=O)O)cc4)n3)ccc2SOOO)c(C)c(C(N)=O)c1=O. The molecule has 0 atom stereocenters. The minimum atomic E-state index is -5.06. The Kier molecular flexibility index (Phi) is 20.5. The van der Waals surface area contributed by atoms with Gasteiger partial charge in [0.1, 0.15) is 33.2 Å². The predicted molar refractivity (Wildman–Crippen MR) is 278 cm³/mol. The van der Waals surface area contributed by atoms with Crippen LogP contribution in [0, 0.1) is 6.92 Å². The Labute approximate surface area is 463 Å². The van der Waals surface area contributed by atoms with Gasteiger partial charge in [-0.2, -0.15) is 16.8 Å². The number of nitrogens with one attached hydrogen (secondary N) is 3. The highest BCUT2D eigenvalue weighted by Gasteiger charge is 2.25. The number of aromatic carboxylic acids is 1. The molecule has 40 heteroatoms. The molecular formula is C41H41N14O21S5+. The molecule has 2 amide bonds. The van der Waals surface area contributed by atoms with Crippen molar-refractivity contribution in [3.8, 4) is 11.8 Å². The van der Waals surface area contributed by atoms with E-state index in [1.165, 1.54) is 73.3 Å². The highest BCUT2D eigenvalue weighted by Crippen LogP contribution is 2.40. The van der Waals surface area contributed by atoms with Crippen molar-refractivity contribution in [3.05, 3.63) is 106 Å². The summed E-state index contributed by atoms with van der Waals surface area (Å²) < 4.78 is 105. The van der Waals surface area contributed by atoms with Gasteiger partial charge >= 0.3 is 34.2 Å². The van der Waals surface area contributed by atoms with Crippen molar-refractivity contribution in [2.75, 3.05) is 41.0 Å². The van der Waals surface area contributed by atoms with Crippen LogP contribution in [0.5, 0.6) is 5.88 Å². The predicted octanol–water partition coefficient (Wildman–Crippen LogP) is 4.11. The van der Waals surface area contributed by atoms with E-state index in [9.17, 15) is 59.2 Å². The number of carboxylic acids is 1. The zero-order valence-electron chi connectivity index (χ0n) is 41.0. The molecule has 3 heterocycles. The Morgan fingerprint density at radius 2 is 1.43 bits per heavy atom. The molecule has 3 aromatic heterocycles. The molecule has 0 saturated heterocycles. The fourth-order valence-electron chi connectivity index (χ4n) is 6.70. The van der Waals surface area contributed by atoms with E-state index in [4.69, 9.17) is 26.5 Å². The van der Waals surface area contributed by atoms with E-state index >= 15 is 0 Å². The summed E-state index contributed by atoms with van der Waals surface area (Å²) in [5.41, 5.74) is 8.30. The highest BCUT2D eigenvalue weighted by molar-refractivity contribution is 7.95. The number of aromatic nitrogens is 5. The summed E-state index contributed by atoms with van der Waals surface area (Å²) in [7, 11) is -13.9. The number of carboxylic acid groups (broad SMARTS) is 1. The van der Waals surface area contributed by atoms with Gasteiger partial charge in [-0.3, -0.25) is 28.1 Å². The zero-order valence-corrected chi connectivity index (χ0v) is 45.1. The zero-order chi connectivity index (χ0) is 59.4. The molecule has 3 aromatic carbocycles. The number of azo groups is 2. The van der Waals surface area contributed by atoms with Gasteiger partial charge in [0.15, 0.2) is 9.84 Å². The number of pyridine rings is 2. The molecule has 0 unspecified atom stereocenters. The van der Waals surface area contributed by atoms with Crippen LogP contribution in [0.4, 0.5) is 51.7 Å². The molecule has 81 heavy (non-hydrogen) atoms. The first-order valence-corrected chi connectivity index (χ1v) is 28.1. The second kappa shape index (κ2) is 26.8. The standard InChI is InChI=1S/C41H40N14O21S5/c1-3-55-36(58)32(34(43)56)20(2)33(37(55)59)53-52-28-17-23(5-7-29(28)77-75-73-62)45-39-47-40(49-41(48-39)54-11-8-21(9-12-54)38(60)61)46-26-18-24(42)31(80(66,67)68)19-27(26)51-50-25-6-4-22(16-30(25)78-76-74-63)35(57)44-10-14-79(64,65)15-13-72-81(69,70)71/h4-9,11-12,16-19H,3,10,13-15H2,1-2H3,(H12-,42,43,44,45,46,47,48,49,50,52,56,57,58,59,60,61,62,63,66,67,68,69,70,71)/p+1. The number of carbonyl (C=O) groups is 3. The second-order valence-electron chi connectivity index (χ2n) is 15.7. The number of sulfone groups is 1. The van der Waals surface area contributed by atoms with Gasteiger partial charge in [0.25, 0.3) is 27.5 Å². The third kappa shape index (κ3) is 16.7. The first-order chi connectivity index (χ1) is 38.2. The smallest absolute Gasteiger partial charge is 0.444 e. The number of carbonyl (C=O) groups excluding carboxylic acids is 2. The van der Waals surface area contributed by atoms with Crippen molar-refractivity contribution < 1.29 is 97.0 Å². The lowest BCUT2D eigenvalue weighted by molar-refractivity contribution is -0.603. The molecule has 0 bridgehead atoms. The Morgan fingerprint density at radius 3 is 2.05 bits per heavy atom. The number of nitrogen functional groups attached to an aromatic ring is 1. The minimum absolute atomic E-state index is 0.0729. The third-order valence-electron chi connectivity index (χ3n) is 10.4. The van der Waals surface area contributed by atoms with Crippen molar-refractivity contribution in [2.24, 2.45) is 26.2 Å². The second-order valence-corrected chi connectivity index (χ2v) is 21.9. The fourth-order valence-corrected chi connectivity index (χ4v) is 9.56. The average Bonchev–Trinajstić information content (AvgIpc) is 3.50. The van der Waals surface area contributed by atoms with E-state index in [0.29, 0.717) is 12.0 Å². The van der Waals surface area contributed by atoms with Gasteiger partial charge in [-0.1, -0.05) is 10.1 Å². The Morgan fingerprint density at radius 1 is 0.790 bits per heavy atom. The van der Waals surface area contributed by atoms with Crippen LogP contribution in [0.25, 0.3) is 5.95 Å². The van der Waals surface area contributed by atoms with Crippen molar-refractivity contribution in [2.45, 2.75) is 35.1 Å². The Hall–Kier alpha value is -8.23. The number of nitrogens with two attached hydrogens (primary N) is 2. The van der Waals surface area contributed by atoms with E-state index in [2.05, 4.69) is 74.3 Å². The molecule has 0 aliphatic rings. The molecule has 430 valence electrons. The van der Waals surface area contributed by atoms with Gasteiger partial charge in [-0.05, 0) is 84.5 Å². The van der Waals surface area contributed by atoms with Crippen molar-refractivity contribution >= 4 is 124 Å². The number of primary amides is 1. The lowest BCUT2D eigenvalue weighted by atomic mass is 10.1. The van der Waals surface area contributed by atoms with E-state index in [1.807, 2.05) is 0 Å². The topological polar surface area (TPSA) is 523 Å². The van der Waals surface area contributed by atoms with Gasteiger partial charge in [0.05, 0.1) is 81.3 Å². The molecular weight excluding hydrogens is 1180 g/mol. The summed E-state index contributed by atoms with van der Waals surface area (Å²) in [6, 6.07) is 11.9. The molecule has 6 aromatic rings. The van der Waals surface area contributed by atoms with Gasteiger partial charge in [0, 0.05) is 29.9 Å². The number of amides is 2. The first kappa shape index (κ1) is 62.0. The van der Waals surface area contributed by atoms with Crippen LogP contribution in [0.15, 0.2) is 113 Å². The van der Waals surface area contributed by atoms with Crippen molar-refractivity contribution in [1.82, 2.24) is 24.8 Å². The number of hydrogen-bond donors (Lipinski definition) is 11. The maximum Gasteiger partial charge on any atom is 0.444 e. The number of aromatic hydroxyl groups is 1. The van der Waals surface area contributed by atoms with Gasteiger partial charge in [-0.25, -0.2) is 32.5 Å². The van der Waals surface area contributed by atoms with E-state index < -0.39 is 106 Å². The lowest BCUT2D eigenvalue weighted by Crippen LogP contribution is -2.33. The number of rotatable bonds is 27. The van der Waals surface area contributed by atoms with Crippen molar-refractivity contribution in [1.29, 1.82) is 0 Å². The largest absolute Gasteiger partial charge is 0.493 e. The molecule has 0 aliphatic carbocycles. The van der Waals surface area contributed by atoms with Crippen LogP contribution in [-0.4, -0.2) is 117 Å². The lowest BCUT2D eigenvalue weighted by Gasteiger charge is -2.13. The molecule has 0 radical (unpaired) electrons. The maximum atomic E-state index is 13.0. The number of nitrogens with zero attached hydrogens (tertiary/aromatic N) is 9. The summed E-state index contributed by atoms with van der Waals surface area (Å²) >= 11 is 0.738. The van der Waals surface area contributed by atoms with Crippen LogP contribution in [0.1, 0.15) is 43.6 Å². The summed E-state index contributed by atoms with van der Waals surface area (Å²) in [6.07, 6.45) is 2.58. The molecule has 35 nitrogen and oxygen atoms in total. The summed E-state index contributed by atoms with van der Waals surface area (Å²) in [5, 5.41) is 70.4. The normalized spacial score (nSPS) is 12.0. The van der Waals surface area contributed by atoms with Gasteiger partial charge in [0.2, 0.25) is 5.88 Å². The summed E-state index contributed by atoms with van der Waals surface area (Å²) in [6.45, 7) is 1.38. The van der Waals surface area contributed by atoms with E-state index in [-0.39, 0.29) is 91.4 Å².